The van der Waals surface area contributed by atoms with E-state index in [1.54, 1.807) is 0 Å². The molecule has 0 spiro atoms. The Morgan fingerprint density at radius 1 is 1.35 bits per heavy atom. The van der Waals surface area contributed by atoms with Crippen molar-refractivity contribution >= 4 is 5.91 Å². The minimum atomic E-state index is -0.0561. The van der Waals surface area contributed by atoms with Gasteiger partial charge in [-0.3, -0.25) is 4.79 Å². The monoisotopic (exact) mass is 310 g/mol. The van der Waals surface area contributed by atoms with E-state index in [9.17, 15) is 4.79 Å². The van der Waals surface area contributed by atoms with E-state index in [2.05, 4.69) is 24.4 Å². The first-order valence-electron chi connectivity index (χ1n) is 8.01. The second kappa shape index (κ2) is 6.42. The van der Waals surface area contributed by atoms with Gasteiger partial charge in [-0.2, -0.15) is 0 Å². The summed E-state index contributed by atoms with van der Waals surface area (Å²) in [5.41, 5.74) is 10.8. The van der Waals surface area contributed by atoms with Gasteiger partial charge in [0.05, 0.1) is 0 Å². The summed E-state index contributed by atoms with van der Waals surface area (Å²) < 4.78 is 6.02. The van der Waals surface area contributed by atoms with Crippen LogP contribution in [0.2, 0.25) is 0 Å². The Morgan fingerprint density at radius 3 is 2.91 bits per heavy atom. The lowest BCUT2D eigenvalue weighted by molar-refractivity contribution is 0.0956. The van der Waals surface area contributed by atoms with Gasteiger partial charge in [0.25, 0.3) is 5.91 Å². The molecule has 2 aromatic rings. The first kappa shape index (κ1) is 15.6. The standard InChI is InChI=1S/C19H22N2O2/c1-3-21-19(22)14-6-4-5-13(9-14)17-8-12(2)7-15-10-16(11-20)23-18(15)17/h4-9,16H,3,10-11,20H2,1-2H3,(H,21,22). The second-order valence-electron chi connectivity index (χ2n) is 5.92. The number of hydrogen-bond acceptors (Lipinski definition) is 3. The number of nitrogens with one attached hydrogen (secondary N) is 1. The molecule has 120 valence electrons. The smallest absolute Gasteiger partial charge is 0.251 e. The molecule has 23 heavy (non-hydrogen) atoms. The van der Waals surface area contributed by atoms with E-state index in [1.165, 1.54) is 11.1 Å². The molecule has 0 fully saturated rings. The summed E-state index contributed by atoms with van der Waals surface area (Å²) in [5, 5.41) is 2.83. The Labute approximate surface area is 136 Å². The number of hydrogen-bond donors (Lipinski definition) is 2. The maximum atomic E-state index is 12.1. The highest BCUT2D eigenvalue weighted by atomic mass is 16.5. The summed E-state index contributed by atoms with van der Waals surface area (Å²) in [6.45, 7) is 5.11. The third-order valence-electron chi connectivity index (χ3n) is 4.08. The van der Waals surface area contributed by atoms with Gasteiger partial charge >= 0.3 is 0 Å². The molecule has 1 unspecified atom stereocenters. The third kappa shape index (κ3) is 3.08. The number of amides is 1. The van der Waals surface area contributed by atoms with Gasteiger partial charge in [0.1, 0.15) is 11.9 Å². The van der Waals surface area contributed by atoms with E-state index in [4.69, 9.17) is 10.5 Å². The van der Waals surface area contributed by atoms with Gasteiger partial charge in [-0.05, 0) is 48.7 Å². The van der Waals surface area contributed by atoms with Gasteiger partial charge in [-0.1, -0.05) is 18.2 Å². The highest BCUT2D eigenvalue weighted by molar-refractivity contribution is 5.95. The van der Waals surface area contributed by atoms with Crippen LogP contribution in [0.3, 0.4) is 0 Å². The van der Waals surface area contributed by atoms with Crippen molar-refractivity contribution in [3.63, 3.8) is 0 Å². The SMILES string of the molecule is CCNC(=O)c1cccc(-c2cc(C)cc3c2OC(CN)C3)c1. The van der Waals surface area contributed by atoms with E-state index in [0.717, 1.165) is 23.3 Å². The van der Waals surface area contributed by atoms with Crippen molar-refractivity contribution in [1.82, 2.24) is 5.32 Å². The highest BCUT2D eigenvalue weighted by Gasteiger charge is 2.25. The minimum absolute atomic E-state index is 0.0390. The predicted octanol–water partition coefficient (Wildman–Crippen LogP) is 2.67. The lowest BCUT2D eigenvalue weighted by atomic mass is 9.96. The number of ether oxygens (including phenoxy) is 1. The van der Waals surface area contributed by atoms with Gasteiger partial charge in [0.2, 0.25) is 0 Å². The molecule has 0 aromatic heterocycles. The van der Waals surface area contributed by atoms with Crippen molar-refractivity contribution in [1.29, 1.82) is 0 Å². The molecule has 0 radical (unpaired) electrons. The quantitative estimate of drug-likeness (QED) is 0.912. The van der Waals surface area contributed by atoms with Gasteiger partial charge < -0.3 is 15.8 Å². The molecule has 0 bridgehead atoms. The first-order valence-corrected chi connectivity index (χ1v) is 8.01. The number of aryl methyl sites for hydroxylation is 1. The Hall–Kier alpha value is -2.33. The van der Waals surface area contributed by atoms with E-state index < -0.39 is 0 Å². The minimum Gasteiger partial charge on any atom is -0.488 e. The van der Waals surface area contributed by atoms with Crippen molar-refractivity contribution in [2.75, 3.05) is 13.1 Å². The molecule has 0 aliphatic carbocycles. The van der Waals surface area contributed by atoms with Crippen molar-refractivity contribution < 1.29 is 9.53 Å². The van der Waals surface area contributed by atoms with Gasteiger partial charge in [-0.25, -0.2) is 0 Å². The average molecular weight is 310 g/mol. The van der Waals surface area contributed by atoms with Crippen molar-refractivity contribution in [2.24, 2.45) is 5.73 Å². The maximum absolute atomic E-state index is 12.1. The van der Waals surface area contributed by atoms with Crippen LogP contribution in [0.25, 0.3) is 11.1 Å². The Bertz CT molecular complexity index is 740. The topological polar surface area (TPSA) is 64.3 Å². The second-order valence-corrected chi connectivity index (χ2v) is 5.92. The van der Waals surface area contributed by atoms with E-state index in [-0.39, 0.29) is 12.0 Å². The van der Waals surface area contributed by atoms with E-state index in [1.807, 2.05) is 31.2 Å². The average Bonchev–Trinajstić information content (AvgIpc) is 2.97. The number of carbonyl (C=O) groups excluding carboxylic acids is 1. The van der Waals surface area contributed by atoms with Crippen LogP contribution in [0, 0.1) is 6.92 Å². The molecule has 0 saturated heterocycles. The van der Waals surface area contributed by atoms with Crippen molar-refractivity contribution in [3.05, 3.63) is 53.1 Å². The molecule has 1 atom stereocenters. The molecular formula is C19H22N2O2. The molecule has 1 heterocycles. The first-order chi connectivity index (χ1) is 11.1. The van der Waals surface area contributed by atoms with Crippen LogP contribution in [0.4, 0.5) is 0 Å². The highest BCUT2D eigenvalue weighted by Crippen LogP contribution is 2.39. The van der Waals surface area contributed by atoms with Crippen molar-refractivity contribution in [3.8, 4) is 16.9 Å². The summed E-state index contributed by atoms with van der Waals surface area (Å²) in [7, 11) is 0. The molecule has 2 aromatic carbocycles. The summed E-state index contributed by atoms with van der Waals surface area (Å²) in [4.78, 5) is 12.1. The number of rotatable bonds is 4. The van der Waals surface area contributed by atoms with E-state index in [0.29, 0.717) is 18.7 Å². The van der Waals surface area contributed by atoms with Crippen LogP contribution in [-0.4, -0.2) is 25.1 Å². The molecule has 4 nitrogen and oxygen atoms in total. The third-order valence-corrected chi connectivity index (χ3v) is 4.08. The van der Waals surface area contributed by atoms with Gasteiger partial charge in [0.15, 0.2) is 0 Å². The summed E-state index contributed by atoms with van der Waals surface area (Å²) >= 11 is 0. The molecule has 3 rings (SSSR count). The molecule has 1 amide bonds. The predicted molar refractivity (Wildman–Crippen MR) is 91.8 cm³/mol. The fourth-order valence-electron chi connectivity index (χ4n) is 3.03. The number of fused-ring (bicyclic) bond motifs is 1. The summed E-state index contributed by atoms with van der Waals surface area (Å²) in [6, 6.07) is 11.9. The fourth-order valence-corrected chi connectivity index (χ4v) is 3.03. The van der Waals surface area contributed by atoms with Crippen LogP contribution in [0.5, 0.6) is 5.75 Å². The van der Waals surface area contributed by atoms with Crippen LogP contribution in [-0.2, 0) is 6.42 Å². The summed E-state index contributed by atoms with van der Waals surface area (Å²) in [6.07, 6.45) is 0.883. The normalized spacial score (nSPS) is 15.9. The molecule has 4 heteroatoms. The van der Waals surface area contributed by atoms with Crippen LogP contribution >= 0.6 is 0 Å². The maximum Gasteiger partial charge on any atom is 0.251 e. The number of benzene rings is 2. The zero-order valence-electron chi connectivity index (χ0n) is 13.6. The Kier molecular flexibility index (Phi) is 4.35. The Balaban J connectivity index is 2.03. The van der Waals surface area contributed by atoms with Gasteiger partial charge in [-0.15, -0.1) is 0 Å². The zero-order valence-corrected chi connectivity index (χ0v) is 13.6. The lowest BCUT2D eigenvalue weighted by Crippen LogP contribution is -2.24. The Morgan fingerprint density at radius 2 is 2.17 bits per heavy atom. The molecule has 3 N–H and O–H groups in total. The molecular weight excluding hydrogens is 288 g/mol. The van der Waals surface area contributed by atoms with Gasteiger partial charge in [0, 0.05) is 30.6 Å². The molecule has 1 aliphatic heterocycles. The number of nitrogens with two attached hydrogens (primary N) is 1. The fraction of sp³-hybridized carbons (Fsp3) is 0.316. The lowest BCUT2D eigenvalue weighted by Gasteiger charge is -2.13. The largest absolute Gasteiger partial charge is 0.488 e. The zero-order chi connectivity index (χ0) is 16.4. The van der Waals surface area contributed by atoms with Crippen LogP contribution in [0.1, 0.15) is 28.4 Å². The number of carbonyl (C=O) groups is 1. The van der Waals surface area contributed by atoms with Crippen LogP contribution in [0.15, 0.2) is 36.4 Å². The molecule has 0 saturated carbocycles. The van der Waals surface area contributed by atoms with Crippen molar-refractivity contribution in [2.45, 2.75) is 26.4 Å². The van der Waals surface area contributed by atoms with E-state index >= 15 is 0 Å². The molecule has 1 aliphatic rings. The van der Waals surface area contributed by atoms with Crippen LogP contribution < -0.4 is 15.8 Å². The summed E-state index contributed by atoms with van der Waals surface area (Å²) in [5.74, 6) is 0.846.